The second-order valence-electron chi connectivity index (χ2n) is 3.13. The van der Waals surface area contributed by atoms with E-state index in [1.165, 1.54) is 16.3 Å². The van der Waals surface area contributed by atoms with Crippen LogP contribution in [0.1, 0.15) is 5.56 Å². The molecule has 0 unspecified atom stereocenters. The summed E-state index contributed by atoms with van der Waals surface area (Å²) >= 11 is 0. The fraction of sp³-hybridized carbons (Fsp3) is 0.0714. The van der Waals surface area contributed by atoms with E-state index in [2.05, 4.69) is 49.0 Å². The SMILES string of the molecule is C=CCc1cccc2ccccc12.C=O. The van der Waals surface area contributed by atoms with Crippen molar-refractivity contribution in [3.63, 3.8) is 0 Å². The summed E-state index contributed by atoms with van der Waals surface area (Å²) in [6.45, 7) is 5.76. The van der Waals surface area contributed by atoms with Crippen LogP contribution >= 0.6 is 0 Å². The van der Waals surface area contributed by atoms with Gasteiger partial charge in [0, 0.05) is 0 Å². The van der Waals surface area contributed by atoms with E-state index in [9.17, 15) is 0 Å². The zero-order valence-electron chi connectivity index (χ0n) is 8.65. The molecule has 0 aliphatic heterocycles. The largest absolute Gasteiger partial charge is 0.307 e. The molecule has 0 amide bonds. The van der Waals surface area contributed by atoms with E-state index in [0.29, 0.717) is 0 Å². The van der Waals surface area contributed by atoms with Crippen LogP contribution in [0.4, 0.5) is 0 Å². The summed E-state index contributed by atoms with van der Waals surface area (Å²) in [5.41, 5.74) is 1.35. The van der Waals surface area contributed by atoms with E-state index >= 15 is 0 Å². The summed E-state index contributed by atoms with van der Waals surface area (Å²) in [6.07, 6.45) is 2.89. The van der Waals surface area contributed by atoms with E-state index in [1.54, 1.807) is 0 Å². The van der Waals surface area contributed by atoms with E-state index in [1.807, 2.05) is 12.9 Å². The van der Waals surface area contributed by atoms with Crippen molar-refractivity contribution in [3.05, 3.63) is 60.7 Å². The van der Waals surface area contributed by atoms with Crippen molar-refractivity contribution in [2.75, 3.05) is 0 Å². The molecule has 1 nitrogen and oxygen atoms in total. The Morgan fingerprint density at radius 1 is 1.00 bits per heavy atom. The van der Waals surface area contributed by atoms with Crippen molar-refractivity contribution in [2.24, 2.45) is 0 Å². The van der Waals surface area contributed by atoms with E-state index in [-0.39, 0.29) is 0 Å². The summed E-state index contributed by atoms with van der Waals surface area (Å²) in [6, 6.07) is 14.8. The maximum atomic E-state index is 8.00. The van der Waals surface area contributed by atoms with Crippen LogP contribution in [0.2, 0.25) is 0 Å². The van der Waals surface area contributed by atoms with Crippen LogP contribution in [0.3, 0.4) is 0 Å². The number of fused-ring (bicyclic) bond motifs is 1. The Morgan fingerprint density at radius 2 is 1.67 bits per heavy atom. The van der Waals surface area contributed by atoms with Crippen LogP contribution in [0.15, 0.2) is 55.1 Å². The van der Waals surface area contributed by atoms with Gasteiger partial charge >= 0.3 is 0 Å². The number of allylic oxidation sites excluding steroid dienone is 1. The highest BCUT2D eigenvalue weighted by Crippen LogP contribution is 2.18. The normalized spacial score (nSPS) is 9.07. The lowest BCUT2D eigenvalue weighted by Gasteiger charge is -2.02. The number of rotatable bonds is 2. The standard InChI is InChI=1S/C13H12.CH2O/c1-2-6-11-8-5-9-12-7-3-4-10-13(11)12;1-2/h2-5,7-10H,1,6H2;1H2. The van der Waals surface area contributed by atoms with Gasteiger partial charge in [-0.3, -0.25) is 0 Å². The number of carbonyl (C=O) groups is 1. The molecule has 2 aromatic carbocycles. The van der Waals surface area contributed by atoms with Crippen molar-refractivity contribution in [1.29, 1.82) is 0 Å². The lowest BCUT2D eigenvalue weighted by molar-refractivity contribution is -0.0979. The zero-order chi connectivity index (χ0) is 11.1. The van der Waals surface area contributed by atoms with Gasteiger partial charge in [0.1, 0.15) is 6.79 Å². The van der Waals surface area contributed by atoms with Gasteiger partial charge in [0.25, 0.3) is 0 Å². The van der Waals surface area contributed by atoms with E-state index < -0.39 is 0 Å². The van der Waals surface area contributed by atoms with Gasteiger partial charge in [0.05, 0.1) is 0 Å². The lowest BCUT2D eigenvalue weighted by Crippen LogP contribution is -1.82. The second-order valence-corrected chi connectivity index (χ2v) is 3.13. The summed E-state index contributed by atoms with van der Waals surface area (Å²) in [4.78, 5) is 8.00. The number of carbonyl (C=O) groups excluding carboxylic acids is 1. The molecule has 0 aliphatic carbocycles. The highest BCUT2D eigenvalue weighted by atomic mass is 16.1. The molecule has 0 fully saturated rings. The van der Waals surface area contributed by atoms with Gasteiger partial charge in [-0.2, -0.15) is 0 Å². The number of benzene rings is 2. The first kappa shape index (κ1) is 11.2. The Labute approximate surface area is 90.1 Å². The summed E-state index contributed by atoms with van der Waals surface area (Å²) < 4.78 is 0. The average Bonchev–Trinajstić information content (AvgIpc) is 2.33. The van der Waals surface area contributed by atoms with Gasteiger partial charge < -0.3 is 4.79 Å². The first-order valence-corrected chi connectivity index (χ1v) is 4.78. The molecule has 0 spiro atoms. The quantitative estimate of drug-likeness (QED) is 0.676. The summed E-state index contributed by atoms with van der Waals surface area (Å²) in [5, 5.41) is 2.65. The average molecular weight is 198 g/mol. The maximum Gasteiger partial charge on any atom is 0.106 e. The third kappa shape index (κ3) is 2.53. The van der Waals surface area contributed by atoms with Crippen molar-refractivity contribution in [1.82, 2.24) is 0 Å². The van der Waals surface area contributed by atoms with E-state index in [4.69, 9.17) is 4.79 Å². The Bertz CT molecular complexity index is 441. The number of hydrogen-bond donors (Lipinski definition) is 0. The lowest BCUT2D eigenvalue weighted by atomic mass is 10.0. The number of hydrogen-bond acceptors (Lipinski definition) is 1. The van der Waals surface area contributed by atoms with Crippen LogP contribution in [0.25, 0.3) is 10.8 Å². The Kier molecular flexibility index (Phi) is 4.30. The van der Waals surface area contributed by atoms with Crippen molar-refractivity contribution in [2.45, 2.75) is 6.42 Å². The van der Waals surface area contributed by atoms with Crippen LogP contribution in [0, 0.1) is 0 Å². The first-order valence-electron chi connectivity index (χ1n) is 4.78. The Morgan fingerprint density at radius 3 is 2.40 bits per heavy atom. The molecule has 0 bridgehead atoms. The van der Waals surface area contributed by atoms with Gasteiger partial charge in [-0.15, -0.1) is 6.58 Å². The first-order chi connectivity index (χ1) is 7.42. The predicted octanol–water partition coefficient (Wildman–Crippen LogP) is 3.38. The molecule has 0 N–H and O–H groups in total. The predicted molar refractivity (Wildman–Crippen MR) is 65.0 cm³/mol. The fourth-order valence-electron chi connectivity index (χ4n) is 1.63. The van der Waals surface area contributed by atoms with Crippen molar-refractivity contribution in [3.8, 4) is 0 Å². The minimum atomic E-state index is 0.946. The second kappa shape index (κ2) is 5.76. The van der Waals surface area contributed by atoms with Crippen molar-refractivity contribution >= 4 is 17.6 Å². The van der Waals surface area contributed by atoms with Gasteiger partial charge in [0.2, 0.25) is 0 Å². The van der Waals surface area contributed by atoms with Crippen molar-refractivity contribution < 1.29 is 4.79 Å². The minimum Gasteiger partial charge on any atom is -0.307 e. The molecular weight excluding hydrogens is 184 g/mol. The monoisotopic (exact) mass is 198 g/mol. The zero-order valence-corrected chi connectivity index (χ0v) is 8.65. The van der Waals surface area contributed by atoms with Gasteiger partial charge in [-0.05, 0) is 22.8 Å². The molecule has 0 saturated heterocycles. The van der Waals surface area contributed by atoms with Crippen LogP contribution in [-0.2, 0) is 11.2 Å². The smallest absolute Gasteiger partial charge is 0.106 e. The summed E-state index contributed by atoms with van der Waals surface area (Å²) in [5.74, 6) is 0. The molecule has 2 aromatic rings. The third-order valence-electron chi connectivity index (χ3n) is 2.24. The maximum absolute atomic E-state index is 8.00. The molecular formula is C14H14O. The van der Waals surface area contributed by atoms with Crippen LogP contribution in [-0.4, -0.2) is 6.79 Å². The molecule has 2 rings (SSSR count). The van der Waals surface area contributed by atoms with Crippen LogP contribution in [0.5, 0.6) is 0 Å². The van der Waals surface area contributed by atoms with Gasteiger partial charge in [-0.1, -0.05) is 48.5 Å². The molecule has 0 aliphatic rings. The highest BCUT2D eigenvalue weighted by Gasteiger charge is 1.96. The molecule has 15 heavy (non-hydrogen) atoms. The topological polar surface area (TPSA) is 17.1 Å². The van der Waals surface area contributed by atoms with Crippen LogP contribution < -0.4 is 0 Å². The Balaban J connectivity index is 0.000000531. The molecule has 0 heterocycles. The highest BCUT2D eigenvalue weighted by molar-refractivity contribution is 5.85. The van der Waals surface area contributed by atoms with Gasteiger partial charge in [-0.25, -0.2) is 0 Å². The molecule has 1 heteroatoms. The minimum absolute atomic E-state index is 0.946. The summed E-state index contributed by atoms with van der Waals surface area (Å²) in [7, 11) is 0. The molecule has 0 atom stereocenters. The van der Waals surface area contributed by atoms with Gasteiger partial charge in [0.15, 0.2) is 0 Å². The molecule has 76 valence electrons. The molecule has 0 aromatic heterocycles. The fourth-order valence-corrected chi connectivity index (χ4v) is 1.63. The Hall–Kier alpha value is -1.89. The van der Waals surface area contributed by atoms with E-state index in [0.717, 1.165) is 6.42 Å². The molecule has 0 radical (unpaired) electrons. The molecule has 0 saturated carbocycles. The third-order valence-corrected chi connectivity index (χ3v) is 2.24.